The molecule has 0 spiro atoms. The third-order valence-electron chi connectivity index (χ3n) is 10.7. The lowest BCUT2D eigenvalue weighted by Crippen LogP contribution is -2.30. The molecule has 6 nitrogen and oxygen atoms in total. The van der Waals surface area contributed by atoms with Gasteiger partial charge >= 0.3 is 17.9 Å². The van der Waals surface area contributed by atoms with Crippen LogP contribution in [0.5, 0.6) is 0 Å². The molecule has 0 amide bonds. The number of hydrogen-bond donors (Lipinski definition) is 0. The van der Waals surface area contributed by atoms with E-state index in [4.69, 9.17) is 14.2 Å². The fraction of sp³-hybridized carbons (Fsp3) is 0.590. The predicted octanol–water partition coefficient (Wildman–Crippen LogP) is 17.9. The van der Waals surface area contributed by atoms with E-state index in [1.54, 1.807) is 0 Å². The molecule has 0 aliphatic carbocycles. The van der Waals surface area contributed by atoms with E-state index in [2.05, 4.69) is 130 Å². The maximum absolute atomic E-state index is 12.8. The van der Waals surface area contributed by atoms with Crippen molar-refractivity contribution in [2.75, 3.05) is 13.2 Å². The molecule has 0 bridgehead atoms. The van der Waals surface area contributed by atoms with Crippen molar-refractivity contribution in [3.05, 3.63) is 134 Å². The van der Waals surface area contributed by atoms with Crippen LogP contribution in [0.1, 0.15) is 213 Å². The lowest BCUT2D eigenvalue weighted by atomic mass is 10.1. The number of esters is 3. The fourth-order valence-corrected chi connectivity index (χ4v) is 6.69. The van der Waals surface area contributed by atoms with Crippen molar-refractivity contribution in [3.63, 3.8) is 0 Å². The van der Waals surface area contributed by atoms with Gasteiger partial charge in [0.2, 0.25) is 0 Å². The van der Waals surface area contributed by atoms with E-state index in [-0.39, 0.29) is 44.0 Å². The molecule has 1 atom stereocenters. The average molecular weight is 925 g/mol. The van der Waals surface area contributed by atoms with E-state index in [0.29, 0.717) is 19.3 Å². The highest BCUT2D eigenvalue weighted by molar-refractivity contribution is 5.71. The molecule has 0 fully saturated rings. The summed E-state index contributed by atoms with van der Waals surface area (Å²) in [6, 6.07) is 0. The molecule has 0 saturated heterocycles. The molecule has 0 saturated carbocycles. The first-order valence-corrected chi connectivity index (χ1v) is 26.7. The number of carbonyl (C=O) groups is 3. The summed E-state index contributed by atoms with van der Waals surface area (Å²) in [7, 11) is 0. The maximum Gasteiger partial charge on any atom is 0.306 e. The minimum atomic E-state index is -0.841. The van der Waals surface area contributed by atoms with Gasteiger partial charge in [0, 0.05) is 19.3 Å². The molecule has 0 heterocycles. The Hall–Kier alpha value is -4.45. The van der Waals surface area contributed by atoms with Crippen LogP contribution in [-0.4, -0.2) is 37.2 Å². The lowest BCUT2D eigenvalue weighted by molar-refractivity contribution is -0.167. The standard InChI is InChI=1S/C61H96O6/c1-4-7-10-13-16-19-22-25-28-30-33-36-39-42-45-48-51-54-60(63)66-57-58(56-65-59(62)53-50-47-44-41-38-35-32-27-24-21-18-15-12-9-6-3)67-61(64)55-52-49-46-43-40-37-34-31-29-26-23-20-17-14-11-8-5-2/h9,12,15-16,18-19,21,24-29,32-34,36-37,42-43,45-46,58H,4-8,10-11,13-14,17,20,22-23,30-31,35,38-41,44,47-57H2,1-3H3/b12-9-,18-15-,19-16-,24-21-,28-25-,29-26-,32-27-,36-33-,37-34-,45-42-,46-43-. The molecule has 376 valence electrons. The van der Waals surface area contributed by atoms with Crippen molar-refractivity contribution < 1.29 is 28.6 Å². The Bertz CT molecular complexity index is 1480. The Morgan fingerprint density at radius 1 is 0.328 bits per heavy atom. The number of carbonyl (C=O) groups excluding carboxylic acids is 3. The highest BCUT2D eigenvalue weighted by atomic mass is 16.6. The van der Waals surface area contributed by atoms with Gasteiger partial charge in [0.15, 0.2) is 6.10 Å². The van der Waals surface area contributed by atoms with Gasteiger partial charge in [-0.3, -0.25) is 14.4 Å². The molecule has 0 aromatic heterocycles. The molecule has 0 N–H and O–H groups in total. The molecule has 1 unspecified atom stereocenters. The summed E-state index contributed by atoms with van der Waals surface area (Å²) in [6.45, 7) is 6.33. The number of unbranched alkanes of at least 4 members (excludes halogenated alkanes) is 16. The zero-order valence-corrected chi connectivity index (χ0v) is 42.9. The second-order valence-electron chi connectivity index (χ2n) is 17.1. The summed E-state index contributed by atoms with van der Waals surface area (Å²) in [6.07, 6.45) is 75.9. The van der Waals surface area contributed by atoms with Gasteiger partial charge < -0.3 is 14.2 Å². The molecule has 0 radical (unpaired) electrons. The Kier molecular flexibility index (Phi) is 50.6. The Morgan fingerprint density at radius 3 is 1.13 bits per heavy atom. The normalized spacial score (nSPS) is 13.2. The quantitative estimate of drug-likeness (QED) is 0.0199. The highest BCUT2D eigenvalue weighted by Gasteiger charge is 2.19. The van der Waals surface area contributed by atoms with Crippen LogP contribution in [0.15, 0.2) is 134 Å². The summed E-state index contributed by atoms with van der Waals surface area (Å²) >= 11 is 0. The fourth-order valence-electron chi connectivity index (χ4n) is 6.69. The minimum Gasteiger partial charge on any atom is -0.462 e. The highest BCUT2D eigenvalue weighted by Crippen LogP contribution is 2.11. The van der Waals surface area contributed by atoms with Crippen molar-refractivity contribution in [3.8, 4) is 0 Å². The number of rotatable bonds is 46. The van der Waals surface area contributed by atoms with Crippen LogP contribution in [0.4, 0.5) is 0 Å². The van der Waals surface area contributed by atoms with E-state index in [1.807, 2.05) is 24.3 Å². The molecular formula is C61H96O6. The zero-order chi connectivity index (χ0) is 48.6. The molecule has 6 heteroatoms. The monoisotopic (exact) mass is 925 g/mol. The van der Waals surface area contributed by atoms with Gasteiger partial charge in [-0.2, -0.15) is 0 Å². The van der Waals surface area contributed by atoms with Crippen molar-refractivity contribution in [2.45, 2.75) is 219 Å². The predicted molar refractivity (Wildman–Crippen MR) is 288 cm³/mol. The molecule has 0 rings (SSSR count). The summed E-state index contributed by atoms with van der Waals surface area (Å²) in [4.78, 5) is 38.0. The summed E-state index contributed by atoms with van der Waals surface area (Å²) in [5.74, 6) is -1.07. The first-order chi connectivity index (χ1) is 33.0. The SMILES string of the molecule is CC\C=C/C=C\C=C/C=C\CCCCCCCC(=O)OCC(COC(=O)CCC/C=C\C/C=C\C/C=C\C/C=C\CCCCC)OC(=O)CCC/C=C\C/C=C\C/C=C\CCCCCCCC. The van der Waals surface area contributed by atoms with Gasteiger partial charge in [-0.1, -0.05) is 219 Å². The molecule has 0 aliphatic heterocycles. The third kappa shape index (κ3) is 52.4. The smallest absolute Gasteiger partial charge is 0.306 e. The van der Waals surface area contributed by atoms with Gasteiger partial charge in [-0.25, -0.2) is 0 Å². The second kappa shape index (κ2) is 54.2. The summed E-state index contributed by atoms with van der Waals surface area (Å²) in [5, 5.41) is 0. The van der Waals surface area contributed by atoms with E-state index in [1.165, 1.54) is 70.6 Å². The largest absolute Gasteiger partial charge is 0.462 e. The van der Waals surface area contributed by atoms with Crippen LogP contribution in [0.2, 0.25) is 0 Å². The van der Waals surface area contributed by atoms with Crippen LogP contribution >= 0.6 is 0 Å². The van der Waals surface area contributed by atoms with Crippen molar-refractivity contribution in [1.82, 2.24) is 0 Å². The molecule has 67 heavy (non-hydrogen) atoms. The van der Waals surface area contributed by atoms with Crippen LogP contribution < -0.4 is 0 Å². The van der Waals surface area contributed by atoms with E-state index < -0.39 is 6.10 Å². The average Bonchev–Trinajstić information content (AvgIpc) is 3.33. The summed E-state index contributed by atoms with van der Waals surface area (Å²) in [5.41, 5.74) is 0. The second-order valence-corrected chi connectivity index (χ2v) is 17.1. The van der Waals surface area contributed by atoms with Crippen LogP contribution in [0.3, 0.4) is 0 Å². The lowest BCUT2D eigenvalue weighted by Gasteiger charge is -2.18. The Morgan fingerprint density at radius 2 is 0.657 bits per heavy atom. The van der Waals surface area contributed by atoms with Gasteiger partial charge in [-0.15, -0.1) is 0 Å². The Labute approximate surface area is 411 Å². The van der Waals surface area contributed by atoms with Crippen LogP contribution in [0.25, 0.3) is 0 Å². The zero-order valence-electron chi connectivity index (χ0n) is 42.9. The number of ether oxygens (including phenoxy) is 3. The Balaban J connectivity index is 4.62. The van der Waals surface area contributed by atoms with Gasteiger partial charge in [0.25, 0.3) is 0 Å². The van der Waals surface area contributed by atoms with Gasteiger partial charge in [0.1, 0.15) is 13.2 Å². The van der Waals surface area contributed by atoms with E-state index >= 15 is 0 Å². The molecule has 0 aliphatic rings. The maximum atomic E-state index is 12.8. The van der Waals surface area contributed by atoms with Crippen LogP contribution in [-0.2, 0) is 28.6 Å². The number of hydrogen-bond acceptors (Lipinski definition) is 6. The van der Waals surface area contributed by atoms with Crippen molar-refractivity contribution in [1.29, 1.82) is 0 Å². The molecule has 0 aromatic rings. The molecule has 0 aromatic carbocycles. The molecular weight excluding hydrogens is 829 g/mol. The first-order valence-electron chi connectivity index (χ1n) is 26.7. The third-order valence-corrected chi connectivity index (χ3v) is 10.7. The summed E-state index contributed by atoms with van der Waals surface area (Å²) < 4.78 is 16.7. The van der Waals surface area contributed by atoms with Gasteiger partial charge in [0.05, 0.1) is 0 Å². The van der Waals surface area contributed by atoms with E-state index in [0.717, 1.165) is 89.9 Å². The van der Waals surface area contributed by atoms with Crippen LogP contribution in [0, 0.1) is 0 Å². The van der Waals surface area contributed by atoms with E-state index in [9.17, 15) is 14.4 Å². The topological polar surface area (TPSA) is 78.9 Å². The van der Waals surface area contributed by atoms with Crippen molar-refractivity contribution in [2.24, 2.45) is 0 Å². The number of allylic oxidation sites excluding steroid dienone is 22. The van der Waals surface area contributed by atoms with Crippen molar-refractivity contribution >= 4 is 17.9 Å². The van der Waals surface area contributed by atoms with Gasteiger partial charge in [-0.05, 0) is 109 Å². The first kappa shape index (κ1) is 62.5. The minimum absolute atomic E-state index is 0.132.